The van der Waals surface area contributed by atoms with Crippen molar-refractivity contribution in [3.05, 3.63) is 59.8 Å². The van der Waals surface area contributed by atoms with Crippen molar-refractivity contribution in [2.24, 2.45) is 0 Å². The van der Waals surface area contributed by atoms with E-state index >= 15 is 0 Å². The predicted molar refractivity (Wildman–Crippen MR) is 123 cm³/mol. The van der Waals surface area contributed by atoms with Gasteiger partial charge in [0.1, 0.15) is 5.69 Å². The molecule has 5 nitrogen and oxygen atoms in total. The molecular weight excluding hydrogens is 372 g/mol. The lowest BCUT2D eigenvalue weighted by Gasteiger charge is -2.17. The molecule has 0 amide bonds. The Labute approximate surface area is 181 Å². The maximum absolute atomic E-state index is 6.01. The summed E-state index contributed by atoms with van der Waals surface area (Å²) in [5, 5.41) is 12.0. The number of nitrogens with one attached hydrogen (secondary N) is 1. The molecule has 0 spiro atoms. The van der Waals surface area contributed by atoms with Crippen molar-refractivity contribution in [1.29, 1.82) is 0 Å². The zero-order chi connectivity index (χ0) is 21.3. The average molecular weight is 409 g/mol. The van der Waals surface area contributed by atoms with Gasteiger partial charge in [-0.25, -0.2) is 0 Å². The van der Waals surface area contributed by atoms with Crippen molar-refractivity contribution in [1.82, 2.24) is 20.3 Å². The Balaban J connectivity index is 1.36. The Morgan fingerprint density at radius 3 is 2.63 bits per heavy atom. The normalized spacial score (nSPS) is 16.5. The van der Waals surface area contributed by atoms with E-state index in [1.807, 2.05) is 10.9 Å². The summed E-state index contributed by atoms with van der Waals surface area (Å²) in [6.07, 6.45) is 11.9. The van der Waals surface area contributed by atoms with Crippen molar-refractivity contribution in [3.8, 4) is 11.3 Å². The number of benzene rings is 1. The topological polar surface area (TPSA) is 52.0 Å². The molecule has 0 bridgehead atoms. The van der Waals surface area contributed by atoms with Crippen LogP contribution in [-0.2, 0) is 11.3 Å². The van der Waals surface area contributed by atoms with Crippen LogP contribution in [0.3, 0.4) is 0 Å². The molecule has 1 aliphatic carbocycles. The summed E-state index contributed by atoms with van der Waals surface area (Å²) in [4.78, 5) is 0. The zero-order valence-electron chi connectivity index (χ0n) is 18.8. The van der Waals surface area contributed by atoms with Gasteiger partial charge in [0, 0.05) is 24.8 Å². The second-order valence-corrected chi connectivity index (χ2v) is 8.64. The van der Waals surface area contributed by atoms with Crippen LogP contribution >= 0.6 is 0 Å². The van der Waals surface area contributed by atoms with Crippen LogP contribution in [0.15, 0.2) is 54.3 Å². The minimum Gasteiger partial charge on any atom is -0.374 e. The van der Waals surface area contributed by atoms with E-state index in [1.54, 1.807) is 0 Å². The number of allylic oxidation sites excluding steroid dienone is 1. The van der Waals surface area contributed by atoms with E-state index in [2.05, 4.69) is 85.8 Å². The summed E-state index contributed by atoms with van der Waals surface area (Å²) in [5.74, 6) is 0.540. The largest absolute Gasteiger partial charge is 0.374 e. The molecule has 0 radical (unpaired) electrons. The Morgan fingerprint density at radius 2 is 1.97 bits per heavy atom. The van der Waals surface area contributed by atoms with Crippen LogP contribution in [0.1, 0.15) is 58.4 Å². The molecule has 0 saturated carbocycles. The number of ether oxygens (including phenoxy) is 1. The summed E-state index contributed by atoms with van der Waals surface area (Å²) in [6, 6.07) is 9.14. The van der Waals surface area contributed by atoms with E-state index < -0.39 is 0 Å². The Hall–Kier alpha value is -2.24. The minimum atomic E-state index is 0.192. The fraction of sp³-hybridized carbons (Fsp3) is 0.520. The molecule has 1 aliphatic rings. The van der Waals surface area contributed by atoms with E-state index in [0.29, 0.717) is 12.0 Å². The van der Waals surface area contributed by atoms with Gasteiger partial charge in [-0.1, -0.05) is 81.0 Å². The summed E-state index contributed by atoms with van der Waals surface area (Å²) >= 11 is 0. The standard InChI is InChI=1S/C25H36N4O/c1-19(2)22-8-10-23(11-9-22)25-18-29(28-27-25)16-5-17-30-24-12-6-21(7-13-24)14-15-26-20(3)4/h6-12,18-20,24,26H,5,13-17H2,1-4H3. The fourth-order valence-electron chi connectivity index (χ4n) is 3.50. The highest BCUT2D eigenvalue weighted by Gasteiger charge is 2.10. The monoisotopic (exact) mass is 408 g/mol. The molecule has 1 N–H and O–H groups in total. The van der Waals surface area contributed by atoms with Crippen molar-refractivity contribution in [2.45, 2.75) is 71.6 Å². The summed E-state index contributed by atoms with van der Waals surface area (Å²) < 4.78 is 7.92. The van der Waals surface area contributed by atoms with Gasteiger partial charge in [-0.15, -0.1) is 5.10 Å². The first-order valence-corrected chi connectivity index (χ1v) is 11.2. The van der Waals surface area contributed by atoms with Gasteiger partial charge in [0.25, 0.3) is 0 Å². The van der Waals surface area contributed by atoms with E-state index in [-0.39, 0.29) is 6.10 Å². The summed E-state index contributed by atoms with van der Waals surface area (Å²) in [6.45, 7) is 11.3. The fourth-order valence-corrected chi connectivity index (χ4v) is 3.50. The van der Waals surface area contributed by atoms with Crippen LogP contribution in [0, 0.1) is 0 Å². The van der Waals surface area contributed by atoms with Gasteiger partial charge in [-0.3, -0.25) is 4.68 Å². The van der Waals surface area contributed by atoms with Crippen LogP contribution in [0.2, 0.25) is 0 Å². The lowest BCUT2D eigenvalue weighted by atomic mass is 10.0. The van der Waals surface area contributed by atoms with E-state index in [0.717, 1.165) is 50.2 Å². The number of rotatable bonds is 11. The molecule has 2 aromatic rings. The molecule has 1 heterocycles. The van der Waals surface area contributed by atoms with E-state index in [9.17, 15) is 0 Å². The minimum absolute atomic E-state index is 0.192. The molecule has 3 rings (SSSR count). The van der Waals surface area contributed by atoms with Crippen LogP contribution in [0.4, 0.5) is 0 Å². The van der Waals surface area contributed by atoms with Crippen molar-refractivity contribution in [3.63, 3.8) is 0 Å². The Kier molecular flexibility index (Phi) is 8.40. The molecule has 162 valence electrons. The van der Waals surface area contributed by atoms with Gasteiger partial charge >= 0.3 is 0 Å². The van der Waals surface area contributed by atoms with Gasteiger partial charge in [0.05, 0.1) is 12.3 Å². The lowest BCUT2D eigenvalue weighted by molar-refractivity contribution is 0.0813. The smallest absolute Gasteiger partial charge is 0.113 e. The van der Waals surface area contributed by atoms with Crippen LogP contribution in [0.25, 0.3) is 11.3 Å². The number of hydrogen-bond donors (Lipinski definition) is 1. The third kappa shape index (κ3) is 6.92. The number of aromatic nitrogens is 3. The van der Waals surface area contributed by atoms with Crippen molar-refractivity contribution < 1.29 is 4.74 Å². The molecule has 5 heteroatoms. The van der Waals surface area contributed by atoms with Crippen molar-refractivity contribution >= 4 is 0 Å². The Morgan fingerprint density at radius 1 is 1.17 bits per heavy atom. The molecule has 0 aliphatic heterocycles. The third-order valence-corrected chi connectivity index (χ3v) is 5.38. The Bertz CT molecular complexity index is 833. The predicted octanol–water partition coefficient (Wildman–Crippen LogP) is 5.12. The molecule has 1 atom stereocenters. The molecule has 0 saturated heterocycles. The molecule has 1 aromatic heterocycles. The maximum Gasteiger partial charge on any atom is 0.113 e. The van der Waals surface area contributed by atoms with Crippen LogP contribution in [-0.4, -0.2) is 40.3 Å². The highest BCUT2D eigenvalue weighted by atomic mass is 16.5. The number of nitrogens with zero attached hydrogens (tertiary/aromatic N) is 3. The summed E-state index contributed by atoms with van der Waals surface area (Å²) in [5.41, 5.74) is 4.78. The highest BCUT2D eigenvalue weighted by Crippen LogP contribution is 2.21. The number of hydrogen-bond acceptors (Lipinski definition) is 4. The SMILES string of the molecule is CC(C)NCCC1=CCC(OCCCn2cc(-c3ccc(C(C)C)cc3)nn2)C=C1. The van der Waals surface area contributed by atoms with E-state index in [1.165, 1.54) is 11.1 Å². The van der Waals surface area contributed by atoms with E-state index in [4.69, 9.17) is 4.74 Å². The quantitative estimate of drug-likeness (QED) is 0.525. The first kappa shape index (κ1) is 22.4. The van der Waals surface area contributed by atoms with Crippen LogP contribution < -0.4 is 5.32 Å². The molecule has 0 fully saturated rings. The molecule has 1 unspecified atom stereocenters. The van der Waals surface area contributed by atoms with Gasteiger partial charge in [-0.2, -0.15) is 0 Å². The lowest BCUT2D eigenvalue weighted by Crippen LogP contribution is -2.24. The molecular formula is C25H36N4O. The molecule has 30 heavy (non-hydrogen) atoms. The second-order valence-electron chi connectivity index (χ2n) is 8.64. The third-order valence-electron chi connectivity index (χ3n) is 5.38. The van der Waals surface area contributed by atoms with Crippen molar-refractivity contribution in [2.75, 3.05) is 13.2 Å². The van der Waals surface area contributed by atoms with Gasteiger partial charge < -0.3 is 10.1 Å². The average Bonchev–Trinajstić information content (AvgIpc) is 3.21. The van der Waals surface area contributed by atoms with Gasteiger partial charge in [-0.05, 0) is 37.3 Å². The highest BCUT2D eigenvalue weighted by molar-refractivity contribution is 5.58. The van der Waals surface area contributed by atoms with Gasteiger partial charge in [0.2, 0.25) is 0 Å². The second kappa shape index (κ2) is 11.2. The number of aryl methyl sites for hydroxylation is 1. The molecule has 1 aromatic carbocycles. The van der Waals surface area contributed by atoms with Crippen LogP contribution in [0.5, 0.6) is 0 Å². The summed E-state index contributed by atoms with van der Waals surface area (Å²) in [7, 11) is 0. The first-order valence-electron chi connectivity index (χ1n) is 11.2. The maximum atomic E-state index is 6.01. The zero-order valence-corrected chi connectivity index (χ0v) is 18.8. The van der Waals surface area contributed by atoms with Gasteiger partial charge in [0.15, 0.2) is 0 Å². The first-order chi connectivity index (χ1) is 14.5.